The van der Waals surface area contributed by atoms with Gasteiger partial charge >= 0.3 is 11.7 Å². The molecule has 3 rings (SSSR count). The number of aryl methyl sites for hydroxylation is 1. The predicted molar refractivity (Wildman–Crippen MR) is 134 cm³/mol. The molecule has 0 radical (unpaired) electrons. The number of rotatable bonds is 12. The molecule has 0 unspecified atom stereocenters. The summed E-state index contributed by atoms with van der Waals surface area (Å²) < 4.78 is 1.92. The van der Waals surface area contributed by atoms with Crippen LogP contribution in [0.3, 0.4) is 0 Å². The number of hydrogen-bond donors (Lipinski definition) is 2. The van der Waals surface area contributed by atoms with E-state index in [1.807, 2.05) is 41.0 Å². The maximum Gasteiger partial charge on any atom is 0.336 e. The molecule has 0 amide bonds. The Kier molecular flexibility index (Phi) is 8.70. The number of unbranched alkanes of at least 4 members (excludes halogenated alkanes) is 3. The fourth-order valence-electron chi connectivity index (χ4n) is 4.23. The van der Waals surface area contributed by atoms with Crippen molar-refractivity contribution in [3.05, 3.63) is 81.5 Å². The minimum absolute atomic E-state index is 0.0110. The van der Waals surface area contributed by atoms with E-state index in [2.05, 4.69) is 25.8 Å². The van der Waals surface area contributed by atoms with Crippen LogP contribution in [0.1, 0.15) is 80.2 Å². The van der Waals surface area contributed by atoms with Crippen LogP contribution in [0.5, 0.6) is 0 Å². The summed E-state index contributed by atoms with van der Waals surface area (Å²) in [5.74, 6) is -0.398. The molecule has 0 fully saturated rings. The minimum atomic E-state index is -0.927. The van der Waals surface area contributed by atoms with Crippen molar-refractivity contribution < 1.29 is 9.90 Å². The highest BCUT2D eigenvalue weighted by atomic mass is 16.4. The highest BCUT2D eigenvalue weighted by Gasteiger charge is 2.16. The fourth-order valence-corrected chi connectivity index (χ4v) is 4.23. The van der Waals surface area contributed by atoms with Gasteiger partial charge in [-0.1, -0.05) is 82.5 Å². The Morgan fingerprint density at radius 1 is 1.03 bits per heavy atom. The lowest BCUT2D eigenvalue weighted by atomic mass is 9.97. The Morgan fingerprint density at radius 3 is 2.42 bits per heavy atom. The Bertz CT molecular complexity index is 1110. The van der Waals surface area contributed by atoms with Crippen LogP contribution in [-0.2, 0) is 19.4 Å². The molecule has 1 heterocycles. The van der Waals surface area contributed by atoms with E-state index in [-0.39, 0.29) is 5.69 Å². The van der Waals surface area contributed by atoms with E-state index >= 15 is 0 Å². The SMILES string of the molecule is CCCCCCc1[nH]c(=O)n(CCC(C)C)c1Cc1ccc(-c2ccccc2C(=O)O)cc1. The normalized spacial score (nSPS) is 11.3. The van der Waals surface area contributed by atoms with Gasteiger partial charge in [0.1, 0.15) is 0 Å². The fraction of sp³-hybridized carbons (Fsp3) is 0.429. The van der Waals surface area contributed by atoms with Crippen LogP contribution in [0.4, 0.5) is 0 Å². The van der Waals surface area contributed by atoms with Gasteiger partial charge in [0.15, 0.2) is 0 Å². The molecule has 5 nitrogen and oxygen atoms in total. The third-order valence-corrected chi connectivity index (χ3v) is 6.18. The molecular weight excluding hydrogens is 412 g/mol. The number of carboxylic acid groups (broad SMARTS) is 1. The molecule has 33 heavy (non-hydrogen) atoms. The lowest BCUT2D eigenvalue weighted by Crippen LogP contribution is -2.20. The summed E-state index contributed by atoms with van der Waals surface area (Å²) in [7, 11) is 0. The summed E-state index contributed by atoms with van der Waals surface area (Å²) in [5.41, 5.74) is 5.12. The lowest BCUT2D eigenvalue weighted by Gasteiger charge is -2.12. The van der Waals surface area contributed by atoms with E-state index in [1.165, 1.54) is 19.3 Å². The Labute approximate surface area is 196 Å². The summed E-state index contributed by atoms with van der Waals surface area (Å²) >= 11 is 0. The van der Waals surface area contributed by atoms with Crippen molar-refractivity contribution in [2.24, 2.45) is 5.92 Å². The first-order chi connectivity index (χ1) is 15.9. The maximum atomic E-state index is 12.7. The standard InChI is InChI=1S/C28H36N2O3/c1-4-5-6-7-12-25-26(30(28(33)29-25)18-17-20(2)3)19-21-13-15-22(16-14-21)23-10-8-9-11-24(23)27(31)32/h8-11,13-16,20H,4-7,12,17-19H2,1-3H3,(H,29,33)(H,31,32). The summed E-state index contributed by atoms with van der Waals surface area (Å²) in [6, 6.07) is 15.1. The van der Waals surface area contributed by atoms with Gasteiger partial charge in [-0.2, -0.15) is 0 Å². The average Bonchev–Trinajstić information content (AvgIpc) is 3.09. The molecule has 0 bridgehead atoms. The molecule has 2 aromatic carbocycles. The van der Waals surface area contributed by atoms with Gasteiger partial charge < -0.3 is 10.1 Å². The van der Waals surface area contributed by atoms with Crippen molar-refractivity contribution in [3.63, 3.8) is 0 Å². The first-order valence-electron chi connectivity index (χ1n) is 12.1. The second-order valence-electron chi connectivity index (χ2n) is 9.22. The van der Waals surface area contributed by atoms with Gasteiger partial charge in [-0.25, -0.2) is 9.59 Å². The number of carbonyl (C=O) groups is 1. The Balaban J connectivity index is 1.86. The zero-order valence-corrected chi connectivity index (χ0v) is 20.1. The van der Waals surface area contributed by atoms with Crippen LogP contribution in [0.15, 0.2) is 53.3 Å². The predicted octanol–water partition coefficient (Wildman–Crippen LogP) is 6.30. The lowest BCUT2D eigenvalue weighted by molar-refractivity contribution is 0.0697. The van der Waals surface area contributed by atoms with Gasteiger partial charge in [0.25, 0.3) is 0 Å². The molecule has 0 spiro atoms. The second kappa shape index (κ2) is 11.7. The van der Waals surface area contributed by atoms with Crippen molar-refractivity contribution in [2.75, 3.05) is 0 Å². The number of imidazole rings is 1. The molecule has 0 aliphatic rings. The molecule has 0 aliphatic carbocycles. The second-order valence-corrected chi connectivity index (χ2v) is 9.22. The van der Waals surface area contributed by atoms with Crippen LogP contribution < -0.4 is 5.69 Å². The van der Waals surface area contributed by atoms with E-state index < -0.39 is 5.97 Å². The summed E-state index contributed by atoms with van der Waals surface area (Å²) in [6.07, 6.45) is 7.20. The van der Waals surface area contributed by atoms with Crippen LogP contribution in [0.2, 0.25) is 0 Å². The van der Waals surface area contributed by atoms with E-state index in [9.17, 15) is 14.7 Å². The monoisotopic (exact) mass is 448 g/mol. The van der Waals surface area contributed by atoms with E-state index in [1.54, 1.807) is 12.1 Å². The smallest absolute Gasteiger partial charge is 0.336 e. The third kappa shape index (κ3) is 6.47. The van der Waals surface area contributed by atoms with Gasteiger partial charge in [-0.3, -0.25) is 4.57 Å². The quantitative estimate of drug-likeness (QED) is 0.319. The van der Waals surface area contributed by atoms with Gasteiger partial charge in [0, 0.05) is 24.4 Å². The zero-order chi connectivity index (χ0) is 23.8. The minimum Gasteiger partial charge on any atom is -0.478 e. The molecule has 5 heteroatoms. The third-order valence-electron chi connectivity index (χ3n) is 6.18. The first-order valence-corrected chi connectivity index (χ1v) is 12.1. The number of aromatic nitrogens is 2. The number of nitrogens with zero attached hydrogens (tertiary/aromatic N) is 1. The number of H-pyrrole nitrogens is 1. The zero-order valence-electron chi connectivity index (χ0n) is 20.1. The molecule has 3 aromatic rings. The number of aromatic carboxylic acids is 1. The van der Waals surface area contributed by atoms with Gasteiger partial charge in [0.05, 0.1) is 5.56 Å². The van der Waals surface area contributed by atoms with Crippen molar-refractivity contribution in [2.45, 2.75) is 72.3 Å². The van der Waals surface area contributed by atoms with Crippen molar-refractivity contribution in [3.8, 4) is 11.1 Å². The van der Waals surface area contributed by atoms with E-state index in [4.69, 9.17) is 0 Å². The largest absolute Gasteiger partial charge is 0.478 e. The summed E-state index contributed by atoms with van der Waals surface area (Å²) in [5, 5.41) is 9.50. The highest BCUT2D eigenvalue weighted by molar-refractivity contribution is 5.95. The molecule has 0 atom stereocenters. The topological polar surface area (TPSA) is 75.1 Å². The van der Waals surface area contributed by atoms with Crippen molar-refractivity contribution >= 4 is 5.97 Å². The van der Waals surface area contributed by atoms with E-state index in [0.29, 0.717) is 23.5 Å². The summed E-state index contributed by atoms with van der Waals surface area (Å²) in [6.45, 7) is 7.28. The number of hydrogen-bond acceptors (Lipinski definition) is 2. The van der Waals surface area contributed by atoms with E-state index in [0.717, 1.165) is 48.3 Å². The molecule has 0 saturated carbocycles. The number of benzene rings is 2. The Morgan fingerprint density at radius 2 is 1.76 bits per heavy atom. The molecule has 176 valence electrons. The Hall–Kier alpha value is -3.08. The van der Waals surface area contributed by atoms with Crippen LogP contribution in [-0.4, -0.2) is 20.6 Å². The van der Waals surface area contributed by atoms with Crippen molar-refractivity contribution in [1.82, 2.24) is 9.55 Å². The molecule has 0 aliphatic heterocycles. The first kappa shape index (κ1) is 24.6. The highest BCUT2D eigenvalue weighted by Crippen LogP contribution is 2.25. The number of nitrogens with one attached hydrogen (secondary N) is 1. The molecule has 2 N–H and O–H groups in total. The van der Waals surface area contributed by atoms with Gasteiger partial charge in [-0.15, -0.1) is 0 Å². The molecular formula is C28H36N2O3. The average molecular weight is 449 g/mol. The van der Waals surface area contributed by atoms with Crippen molar-refractivity contribution in [1.29, 1.82) is 0 Å². The number of carboxylic acids is 1. The molecule has 1 aromatic heterocycles. The van der Waals surface area contributed by atoms with Gasteiger partial charge in [-0.05, 0) is 47.9 Å². The number of aromatic amines is 1. The maximum absolute atomic E-state index is 12.7. The van der Waals surface area contributed by atoms with Crippen LogP contribution in [0, 0.1) is 5.92 Å². The van der Waals surface area contributed by atoms with Crippen LogP contribution >= 0.6 is 0 Å². The molecule has 0 saturated heterocycles. The van der Waals surface area contributed by atoms with Gasteiger partial charge in [0.2, 0.25) is 0 Å². The van der Waals surface area contributed by atoms with Crippen LogP contribution in [0.25, 0.3) is 11.1 Å². The summed E-state index contributed by atoms with van der Waals surface area (Å²) in [4.78, 5) is 27.5.